The van der Waals surface area contributed by atoms with E-state index in [1.165, 1.54) is 0 Å². The normalized spacial score (nSPS) is 10.7. The van der Waals surface area contributed by atoms with Crippen molar-refractivity contribution < 1.29 is 0 Å². The van der Waals surface area contributed by atoms with Gasteiger partial charge in [0.1, 0.15) is 0 Å². The first kappa shape index (κ1) is 8.79. The van der Waals surface area contributed by atoms with Crippen LogP contribution < -0.4 is 0 Å². The van der Waals surface area contributed by atoms with E-state index in [9.17, 15) is 0 Å². The number of benzene rings is 1. The second-order valence-corrected chi connectivity index (χ2v) is 3.66. The Balaban J connectivity index is 2.94. The molecule has 0 spiro atoms. The van der Waals surface area contributed by atoms with Crippen molar-refractivity contribution in [1.82, 2.24) is 4.98 Å². The van der Waals surface area contributed by atoms with Gasteiger partial charge in [0.05, 0.1) is 10.5 Å². The monoisotopic (exact) mass is 211 g/mol. The molecule has 0 saturated heterocycles. The Bertz CT molecular complexity index is 466. The lowest BCUT2D eigenvalue weighted by atomic mass is 10.1. The van der Waals surface area contributed by atoms with E-state index >= 15 is 0 Å². The van der Waals surface area contributed by atoms with E-state index < -0.39 is 0 Å². The Hall–Kier alpha value is -0.790. The Morgan fingerprint density at radius 2 is 2.08 bits per heavy atom. The highest BCUT2D eigenvalue weighted by molar-refractivity contribution is 6.39. The SMILES string of the molecule is Cc1c(Cl)cc2cccnc2c1Cl. The van der Waals surface area contributed by atoms with Crippen LogP contribution in [0, 0.1) is 6.92 Å². The van der Waals surface area contributed by atoms with Gasteiger partial charge in [0.2, 0.25) is 0 Å². The van der Waals surface area contributed by atoms with Gasteiger partial charge in [0.25, 0.3) is 0 Å². The molecule has 13 heavy (non-hydrogen) atoms. The Labute approximate surface area is 86.3 Å². The number of pyridine rings is 1. The summed E-state index contributed by atoms with van der Waals surface area (Å²) in [5.41, 5.74) is 1.70. The minimum absolute atomic E-state index is 0.642. The summed E-state index contributed by atoms with van der Waals surface area (Å²) >= 11 is 12.1. The molecule has 0 saturated carbocycles. The molecule has 0 aliphatic heterocycles. The minimum atomic E-state index is 0.642. The molecule has 0 N–H and O–H groups in total. The van der Waals surface area contributed by atoms with Gasteiger partial charge >= 0.3 is 0 Å². The maximum atomic E-state index is 6.08. The van der Waals surface area contributed by atoms with Crippen LogP contribution in [0.5, 0.6) is 0 Å². The van der Waals surface area contributed by atoms with E-state index in [1.54, 1.807) is 6.20 Å². The first-order valence-electron chi connectivity index (χ1n) is 3.89. The molecule has 0 fully saturated rings. The summed E-state index contributed by atoms with van der Waals surface area (Å²) in [6.07, 6.45) is 1.72. The van der Waals surface area contributed by atoms with Crippen molar-refractivity contribution in [3.63, 3.8) is 0 Å². The number of fused-ring (bicyclic) bond motifs is 1. The molecule has 1 aromatic carbocycles. The molecule has 1 nitrogen and oxygen atoms in total. The summed E-state index contributed by atoms with van der Waals surface area (Å²) in [6, 6.07) is 5.69. The van der Waals surface area contributed by atoms with Crippen LogP contribution in [0.25, 0.3) is 10.9 Å². The maximum absolute atomic E-state index is 6.08. The highest BCUT2D eigenvalue weighted by atomic mass is 35.5. The van der Waals surface area contributed by atoms with Gasteiger partial charge in [0.15, 0.2) is 0 Å². The van der Waals surface area contributed by atoms with Gasteiger partial charge in [-0.15, -0.1) is 0 Å². The van der Waals surface area contributed by atoms with Gasteiger partial charge in [-0.1, -0.05) is 29.3 Å². The quantitative estimate of drug-likeness (QED) is 0.646. The van der Waals surface area contributed by atoms with Gasteiger partial charge < -0.3 is 0 Å². The fourth-order valence-corrected chi connectivity index (χ4v) is 1.76. The summed E-state index contributed by atoms with van der Waals surface area (Å²) < 4.78 is 0. The van der Waals surface area contributed by atoms with Gasteiger partial charge in [0, 0.05) is 16.6 Å². The maximum Gasteiger partial charge on any atom is 0.0891 e. The average Bonchev–Trinajstić information content (AvgIpc) is 2.15. The summed E-state index contributed by atoms with van der Waals surface area (Å²) in [4.78, 5) is 4.19. The number of hydrogen-bond donors (Lipinski definition) is 0. The molecular formula is C10H7Cl2N. The molecule has 2 rings (SSSR count). The van der Waals surface area contributed by atoms with Crippen molar-refractivity contribution in [3.05, 3.63) is 40.0 Å². The molecular weight excluding hydrogens is 205 g/mol. The number of nitrogens with zero attached hydrogens (tertiary/aromatic N) is 1. The number of rotatable bonds is 0. The molecule has 0 atom stereocenters. The van der Waals surface area contributed by atoms with Crippen LogP contribution in [0.2, 0.25) is 10.0 Å². The molecule has 0 radical (unpaired) electrons. The van der Waals surface area contributed by atoms with E-state index in [0.717, 1.165) is 16.5 Å². The predicted molar refractivity (Wildman–Crippen MR) is 56.5 cm³/mol. The van der Waals surface area contributed by atoms with Crippen molar-refractivity contribution >= 4 is 34.1 Å². The van der Waals surface area contributed by atoms with Crippen molar-refractivity contribution in [3.8, 4) is 0 Å². The molecule has 0 amide bonds. The summed E-state index contributed by atoms with van der Waals surface area (Å²) in [6.45, 7) is 1.89. The van der Waals surface area contributed by atoms with Crippen LogP contribution in [0.1, 0.15) is 5.56 Å². The smallest absolute Gasteiger partial charge is 0.0891 e. The Morgan fingerprint density at radius 1 is 1.31 bits per heavy atom. The molecule has 0 unspecified atom stereocenters. The van der Waals surface area contributed by atoms with Crippen LogP contribution in [0.15, 0.2) is 24.4 Å². The third-order valence-electron chi connectivity index (χ3n) is 2.02. The second kappa shape index (κ2) is 3.17. The first-order chi connectivity index (χ1) is 6.20. The van der Waals surface area contributed by atoms with Crippen LogP contribution in [-0.2, 0) is 0 Å². The van der Waals surface area contributed by atoms with Crippen LogP contribution in [0.4, 0.5) is 0 Å². The highest BCUT2D eigenvalue weighted by Crippen LogP contribution is 2.30. The van der Waals surface area contributed by atoms with Gasteiger partial charge in [-0.05, 0) is 24.6 Å². The highest BCUT2D eigenvalue weighted by Gasteiger charge is 2.06. The minimum Gasteiger partial charge on any atom is -0.255 e. The van der Waals surface area contributed by atoms with Crippen LogP contribution in [0.3, 0.4) is 0 Å². The first-order valence-corrected chi connectivity index (χ1v) is 4.65. The van der Waals surface area contributed by atoms with E-state index in [1.807, 2.05) is 25.1 Å². The fourth-order valence-electron chi connectivity index (χ4n) is 1.24. The van der Waals surface area contributed by atoms with E-state index in [4.69, 9.17) is 23.2 Å². The van der Waals surface area contributed by atoms with E-state index in [2.05, 4.69) is 4.98 Å². The largest absolute Gasteiger partial charge is 0.255 e. The van der Waals surface area contributed by atoms with Gasteiger partial charge in [-0.25, -0.2) is 0 Å². The average molecular weight is 212 g/mol. The third-order valence-corrected chi connectivity index (χ3v) is 2.87. The summed E-state index contributed by atoms with van der Waals surface area (Å²) in [7, 11) is 0. The Kier molecular flexibility index (Phi) is 2.14. The summed E-state index contributed by atoms with van der Waals surface area (Å²) in [5, 5.41) is 2.30. The summed E-state index contributed by atoms with van der Waals surface area (Å²) in [5.74, 6) is 0. The van der Waals surface area contributed by atoms with Crippen molar-refractivity contribution in [2.24, 2.45) is 0 Å². The van der Waals surface area contributed by atoms with Crippen molar-refractivity contribution in [2.45, 2.75) is 6.92 Å². The molecule has 0 aliphatic rings. The molecule has 3 heteroatoms. The lowest BCUT2D eigenvalue weighted by Crippen LogP contribution is -1.84. The number of aromatic nitrogens is 1. The predicted octanol–water partition coefficient (Wildman–Crippen LogP) is 3.85. The lowest BCUT2D eigenvalue weighted by molar-refractivity contribution is 1.39. The number of halogens is 2. The molecule has 1 heterocycles. The molecule has 1 aromatic heterocycles. The molecule has 0 aliphatic carbocycles. The zero-order chi connectivity index (χ0) is 9.42. The second-order valence-electron chi connectivity index (χ2n) is 2.87. The molecule has 0 bridgehead atoms. The lowest BCUT2D eigenvalue weighted by Gasteiger charge is -2.04. The zero-order valence-electron chi connectivity index (χ0n) is 7.01. The van der Waals surface area contributed by atoms with Crippen LogP contribution in [-0.4, -0.2) is 4.98 Å². The standard InChI is InChI=1S/C10H7Cl2N/c1-6-8(11)5-7-3-2-4-13-10(7)9(6)12/h2-5H,1H3. The van der Waals surface area contributed by atoms with Gasteiger partial charge in [-0.2, -0.15) is 0 Å². The molecule has 2 aromatic rings. The molecule has 66 valence electrons. The topological polar surface area (TPSA) is 12.9 Å². The van der Waals surface area contributed by atoms with E-state index in [0.29, 0.717) is 10.0 Å². The van der Waals surface area contributed by atoms with Crippen LogP contribution >= 0.6 is 23.2 Å². The van der Waals surface area contributed by atoms with Crippen molar-refractivity contribution in [1.29, 1.82) is 0 Å². The number of hydrogen-bond acceptors (Lipinski definition) is 1. The van der Waals surface area contributed by atoms with Crippen molar-refractivity contribution in [2.75, 3.05) is 0 Å². The Morgan fingerprint density at radius 3 is 2.85 bits per heavy atom. The van der Waals surface area contributed by atoms with E-state index in [-0.39, 0.29) is 0 Å². The van der Waals surface area contributed by atoms with Gasteiger partial charge in [-0.3, -0.25) is 4.98 Å². The zero-order valence-corrected chi connectivity index (χ0v) is 8.52. The third kappa shape index (κ3) is 1.38. The fraction of sp³-hybridized carbons (Fsp3) is 0.100.